The maximum absolute atomic E-state index is 12.6. The molecule has 0 aliphatic carbocycles. The van der Waals surface area contributed by atoms with Crippen molar-refractivity contribution >= 4 is 40.0 Å². The molecule has 0 saturated heterocycles. The molecule has 0 bridgehead atoms. The Bertz CT molecular complexity index is 1380. The van der Waals surface area contributed by atoms with E-state index in [2.05, 4.69) is 20.4 Å². The topological polar surface area (TPSA) is 125 Å². The number of nitrogens with zero attached hydrogens (tertiary/aromatic N) is 4. The molecule has 4 aromatic rings. The Morgan fingerprint density at radius 2 is 1.82 bits per heavy atom. The number of benzene rings is 1. The first-order valence-corrected chi connectivity index (χ1v) is 11.2. The second-order valence-electron chi connectivity index (χ2n) is 7.20. The van der Waals surface area contributed by atoms with Gasteiger partial charge in [-0.1, -0.05) is 30.3 Å². The Hall–Kier alpha value is -4.12. The van der Waals surface area contributed by atoms with E-state index in [-0.39, 0.29) is 23.8 Å². The lowest BCUT2D eigenvalue weighted by atomic mass is 10.1. The van der Waals surface area contributed by atoms with Crippen LogP contribution in [0.1, 0.15) is 39.2 Å². The zero-order chi connectivity index (χ0) is 24.2. The van der Waals surface area contributed by atoms with Crippen LogP contribution in [0.15, 0.2) is 42.6 Å². The van der Waals surface area contributed by atoms with Crippen molar-refractivity contribution < 1.29 is 23.9 Å². The van der Waals surface area contributed by atoms with Crippen molar-refractivity contribution in [2.45, 2.75) is 20.8 Å². The summed E-state index contributed by atoms with van der Waals surface area (Å²) in [5.41, 5.74) is 2.61. The number of carbonyl (C=O) groups is 3. The lowest BCUT2D eigenvalue weighted by Gasteiger charge is -2.07. The Balaban J connectivity index is 1.50. The SMILES string of the molecule is CCOC(=O)c1c(NC(=O)COC(=O)c2nc3nccc(C)n3n2)sc(-c2ccccc2)c1C. The first-order chi connectivity index (χ1) is 16.4. The smallest absolute Gasteiger partial charge is 0.378 e. The molecule has 1 aromatic carbocycles. The molecule has 0 atom stereocenters. The molecular formula is C23H21N5O5S. The molecule has 0 fully saturated rings. The molecule has 1 amide bonds. The van der Waals surface area contributed by atoms with E-state index in [1.807, 2.05) is 30.3 Å². The average Bonchev–Trinajstić information content (AvgIpc) is 3.40. The van der Waals surface area contributed by atoms with Crippen LogP contribution >= 0.6 is 11.3 Å². The summed E-state index contributed by atoms with van der Waals surface area (Å²) in [4.78, 5) is 46.4. The summed E-state index contributed by atoms with van der Waals surface area (Å²) in [6, 6.07) is 11.2. The molecule has 0 unspecified atom stereocenters. The zero-order valence-corrected chi connectivity index (χ0v) is 19.5. The normalized spacial score (nSPS) is 10.8. The van der Waals surface area contributed by atoms with E-state index in [0.29, 0.717) is 10.6 Å². The molecule has 1 N–H and O–H groups in total. The van der Waals surface area contributed by atoms with E-state index < -0.39 is 24.5 Å². The van der Waals surface area contributed by atoms with Gasteiger partial charge < -0.3 is 14.8 Å². The lowest BCUT2D eigenvalue weighted by Crippen LogP contribution is -2.22. The summed E-state index contributed by atoms with van der Waals surface area (Å²) >= 11 is 1.25. The second kappa shape index (κ2) is 9.79. The van der Waals surface area contributed by atoms with E-state index in [9.17, 15) is 14.4 Å². The molecule has 174 valence electrons. The zero-order valence-electron chi connectivity index (χ0n) is 18.7. The quantitative estimate of drug-likeness (QED) is 0.400. The van der Waals surface area contributed by atoms with Crippen LogP contribution in [0.3, 0.4) is 0 Å². The Kier molecular flexibility index (Phi) is 6.64. The van der Waals surface area contributed by atoms with Gasteiger partial charge in [-0.2, -0.15) is 4.98 Å². The maximum Gasteiger partial charge on any atom is 0.378 e. The summed E-state index contributed by atoms with van der Waals surface area (Å²) in [5, 5.41) is 7.05. The molecule has 0 radical (unpaired) electrons. The van der Waals surface area contributed by atoms with E-state index in [4.69, 9.17) is 9.47 Å². The molecule has 0 aliphatic rings. The van der Waals surface area contributed by atoms with Crippen molar-refractivity contribution in [2.75, 3.05) is 18.5 Å². The number of carbonyl (C=O) groups excluding carboxylic acids is 3. The summed E-state index contributed by atoms with van der Waals surface area (Å²) in [6.07, 6.45) is 1.55. The molecule has 0 aliphatic heterocycles. The minimum Gasteiger partial charge on any atom is -0.462 e. The van der Waals surface area contributed by atoms with Gasteiger partial charge in [0.05, 0.1) is 12.2 Å². The van der Waals surface area contributed by atoms with Crippen LogP contribution in [-0.2, 0) is 14.3 Å². The number of thiophene rings is 1. The first-order valence-electron chi connectivity index (χ1n) is 10.4. The number of nitrogens with one attached hydrogen (secondary N) is 1. The van der Waals surface area contributed by atoms with Crippen molar-refractivity contribution in [3.05, 3.63) is 65.2 Å². The van der Waals surface area contributed by atoms with Gasteiger partial charge in [-0.3, -0.25) is 4.79 Å². The fourth-order valence-electron chi connectivity index (χ4n) is 3.27. The number of esters is 2. The Morgan fingerprint density at radius 3 is 2.53 bits per heavy atom. The van der Waals surface area contributed by atoms with Gasteiger partial charge in [0, 0.05) is 16.8 Å². The number of fused-ring (bicyclic) bond motifs is 1. The van der Waals surface area contributed by atoms with Crippen LogP contribution in [0.2, 0.25) is 0 Å². The summed E-state index contributed by atoms with van der Waals surface area (Å²) in [5.74, 6) is -1.98. The standard InChI is InChI=1S/C23H21N5O5S/c1-4-32-21(30)17-14(3)18(15-8-6-5-7-9-15)34-20(17)25-16(29)12-33-22(31)19-26-23-24-11-10-13(2)28(23)27-19/h5-11H,4,12H2,1-3H3,(H,25,29). The molecular weight excluding hydrogens is 458 g/mol. The largest absolute Gasteiger partial charge is 0.462 e. The third kappa shape index (κ3) is 4.64. The van der Waals surface area contributed by atoms with Gasteiger partial charge >= 0.3 is 11.9 Å². The fraction of sp³-hybridized carbons (Fsp3) is 0.217. The molecule has 34 heavy (non-hydrogen) atoms. The van der Waals surface area contributed by atoms with Gasteiger partial charge in [-0.25, -0.2) is 19.1 Å². The summed E-state index contributed by atoms with van der Waals surface area (Å²) in [6.45, 7) is 4.91. The highest BCUT2D eigenvalue weighted by Crippen LogP contribution is 2.40. The predicted octanol–water partition coefficient (Wildman–Crippen LogP) is 3.44. The van der Waals surface area contributed by atoms with Crippen molar-refractivity contribution in [3.63, 3.8) is 0 Å². The highest BCUT2D eigenvalue weighted by molar-refractivity contribution is 7.20. The van der Waals surface area contributed by atoms with E-state index in [1.165, 1.54) is 15.9 Å². The van der Waals surface area contributed by atoms with Gasteiger partial charge in [-0.05, 0) is 38.0 Å². The van der Waals surface area contributed by atoms with Crippen molar-refractivity contribution in [1.29, 1.82) is 0 Å². The van der Waals surface area contributed by atoms with Crippen LogP contribution in [0.5, 0.6) is 0 Å². The van der Waals surface area contributed by atoms with Crippen molar-refractivity contribution in [1.82, 2.24) is 19.6 Å². The summed E-state index contributed by atoms with van der Waals surface area (Å²) in [7, 11) is 0. The molecule has 3 aromatic heterocycles. The van der Waals surface area contributed by atoms with E-state index >= 15 is 0 Å². The number of hydrogen-bond acceptors (Lipinski definition) is 9. The van der Waals surface area contributed by atoms with Crippen LogP contribution < -0.4 is 5.32 Å². The van der Waals surface area contributed by atoms with E-state index in [1.54, 1.807) is 33.0 Å². The number of amides is 1. The molecule has 11 heteroatoms. The van der Waals surface area contributed by atoms with Gasteiger partial charge in [-0.15, -0.1) is 16.4 Å². The summed E-state index contributed by atoms with van der Waals surface area (Å²) < 4.78 is 11.7. The monoisotopic (exact) mass is 479 g/mol. The molecule has 0 saturated carbocycles. The number of aromatic nitrogens is 4. The van der Waals surface area contributed by atoms with Crippen LogP contribution in [0, 0.1) is 13.8 Å². The average molecular weight is 480 g/mol. The Morgan fingerprint density at radius 1 is 1.06 bits per heavy atom. The minimum atomic E-state index is -0.863. The van der Waals surface area contributed by atoms with Gasteiger partial charge in [0.25, 0.3) is 17.5 Å². The van der Waals surface area contributed by atoms with Gasteiger partial charge in [0.15, 0.2) is 6.61 Å². The second-order valence-corrected chi connectivity index (χ2v) is 8.23. The lowest BCUT2D eigenvalue weighted by molar-refractivity contribution is -0.119. The Labute approximate surface area is 198 Å². The minimum absolute atomic E-state index is 0.195. The number of rotatable bonds is 7. The van der Waals surface area contributed by atoms with Crippen molar-refractivity contribution in [3.8, 4) is 10.4 Å². The maximum atomic E-state index is 12.6. The van der Waals surface area contributed by atoms with Crippen LogP contribution in [0.25, 0.3) is 16.2 Å². The van der Waals surface area contributed by atoms with E-state index in [0.717, 1.165) is 16.1 Å². The third-order valence-electron chi connectivity index (χ3n) is 4.86. The number of aryl methyl sites for hydroxylation is 1. The number of hydrogen-bond donors (Lipinski definition) is 1. The van der Waals surface area contributed by atoms with Gasteiger partial charge in [0.2, 0.25) is 0 Å². The fourth-order valence-corrected chi connectivity index (χ4v) is 4.48. The van der Waals surface area contributed by atoms with Crippen molar-refractivity contribution in [2.24, 2.45) is 0 Å². The van der Waals surface area contributed by atoms with Crippen LogP contribution in [-0.4, -0.2) is 50.6 Å². The number of ether oxygens (including phenoxy) is 2. The molecule has 4 rings (SSSR count). The highest BCUT2D eigenvalue weighted by Gasteiger charge is 2.25. The molecule has 0 spiro atoms. The predicted molar refractivity (Wildman–Crippen MR) is 125 cm³/mol. The third-order valence-corrected chi connectivity index (χ3v) is 6.12. The molecule has 10 nitrogen and oxygen atoms in total. The number of anilines is 1. The highest BCUT2D eigenvalue weighted by atomic mass is 32.1. The van der Waals surface area contributed by atoms with Crippen LogP contribution in [0.4, 0.5) is 5.00 Å². The first kappa shape index (κ1) is 23.1. The van der Waals surface area contributed by atoms with Gasteiger partial charge in [0.1, 0.15) is 5.00 Å². The molecule has 3 heterocycles.